The molecule has 6 rings (SSSR count). The van der Waals surface area contributed by atoms with Gasteiger partial charge in [0.2, 0.25) is 5.95 Å². The van der Waals surface area contributed by atoms with Gasteiger partial charge in [0.25, 0.3) is 5.91 Å². The minimum absolute atomic E-state index is 0.0356. The molecule has 0 saturated carbocycles. The van der Waals surface area contributed by atoms with Crippen LogP contribution >= 0.6 is 23.2 Å². The van der Waals surface area contributed by atoms with Gasteiger partial charge in [0.15, 0.2) is 0 Å². The largest absolute Gasteiger partial charge is 0.335 e. The number of hydrogen-bond acceptors (Lipinski definition) is 4. The molecule has 4 aromatic rings. The summed E-state index contributed by atoms with van der Waals surface area (Å²) in [6, 6.07) is 24.8. The first-order chi connectivity index (χ1) is 20.5. The number of rotatable bonds is 8. The van der Waals surface area contributed by atoms with Crippen molar-refractivity contribution in [1.82, 2.24) is 14.9 Å². The second kappa shape index (κ2) is 12.8. The third-order valence-corrected chi connectivity index (χ3v) is 9.27. The summed E-state index contributed by atoms with van der Waals surface area (Å²) in [5.41, 5.74) is 6.38. The first-order valence-corrected chi connectivity index (χ1v) is 15.7. The zero-order valence-electron chi connectivity index (χ0n) is 24.0. The van der Waals surface area contributed by atoms with Gasteiger partial charge in [-0.25, -0.2) is 9.97 Å². The fourth-order valence-electron chi connectivity index (χ4n) is 6.46. The van der Waals surface area contributed by atoms with E-state index < -0.39 is 0 Å². The molecule has 216 valence electrons. The van der Waals surface area contributed by atoms with Crippen LogP contribution < -0.4 is 4.90 Å². The van der Waals surface area contributed by atoms with E-state index in [1.807, 2.05) is 29.2 Å². The van der Waals surface area contributed by atoms with Crippen LogP contribution in [-0.2, 0) is 19.3 Å². The van der Waals surface area contributed by atoms with E-state index in [1.54, 1.807) is 6.20 Å². The zero-order chi connectivity index (χ0) is 29.1. The van der Waals surface area contributed by atoms with Gasteiger partial charge in [-0.2, -0.15) is 0 Å². The maximum absolute atomic E-state index is 14.1. The van der Waals surface area contributed by atoms with Crippen LogP contribution in [0.15, 0.2) is 79.0 Å². The molecule has 2 saturated heterocycles. The van der Waals surface area contributed by atoms with Crippen LogP contribution in [0.3, 0.4) is 0 Å². The maximum Gasteiger partial charge on any atom is 0.257 e. The molecule has 0 radical (unpaired) electrons. The van der Waals surface area contributed by atoms with Crippen molar-refractivity contribution < 1.29 is 4.79 Å². The summed E-state index contributed by atoms with van der Waals surface area (Å²) in [6.07, 6.45) is 8.18. The molecule has 7 heteroatoms. The molecule has 1 amide bonds. The molecule has 42 heavy (non-hydrogen) atoms. The molecule has 2 fully saturated rings. The van der Waals surface area contributed by atoms with Gasteiger partial charge in [0.05, 0.1) is 17.3 Å². The first kappa shape index (κ1) is 28.7. The lowest BCUT2D eigenvalue weighted by Gasteiger charge is -2.28. The molecule has 2 unspecified atom stereocenters. The van der Waals surface area contributed by atoms with Crippen LogP contribution in [-0.4, -0.2) is 39.9 Å². The quantitative estimate of drug-likeness (QED) is 0.206. The van der Waals surface area contributed by atoms with Crippen LogP contribution in [0.1, 0.15) is 70.0 Å². The van der Waals surface area contributed by atoms with E-state index in [9.17, 15) is 4.79 Å². The van der Waals surface area contributed by atoms with Crippen molar-refractivity contribution >= 4 is 35.1 Å². The predicted molar refractivity (Wildman–Crippen MR) is 171 cm³/mol. The van der Waals surface area contributed by atoms with E-state index >= 15 is 0 Å². The predicted octanol–water partition coefficient (Wildman–Crippen LogP) is 8.07. The highest BCUT2D eigenvalue weighted by atomic mass is 35.5. The van der Waals surface area contributed by atoms with Crippen LogP contribution in [0.5, 0.6) is 0 Å². The van der Waals surface area contributed by atoms with E-state index in [0.717, 1.165) is 67.4 Å². The third kappa shape index (κ3) is 6.33. The summed E-state index contributed by atoms with van der Waals surface area (Å²) in [4.78, 5) is 28.4. The summed E-state index contributed by atoms with van der Waals surface area (Å²) in [5.74, 6) is 0.733. The molecular weight excluding hydrogens is 563 g/mol. The molecule has 1 aromatic heterocycles. The lowest BCUT2D eigenvalue weighted by Crippen LogP contribution is -2.37. The van der Waals surface area contributed by atoms with E-state index in [1.165, 1.54) is 22.3 Å². The number of likely N-dealkylation sites (tertiary alicyclic amines) is 1. The number of nitrogens with zero attached hydrogens (tertiary/aromatic N) is 4. The molecular formula is C35H36Cl2N4O. The molecule has 2 aliphatic heterocycles. The van der Waals surface area contributed by atoms with Crippen molar-refractivity contribution in [3.05, 3.63) is 123 Å². The number of anilines is 1. The van der Waals surface area contributed by atoms with Crippen LogP contribution in [0, 0.1) is 6.92 Å². The minimum atomic E-state index is 0.0356. The Morgan fingerprint density at radius 2 is 1.60 bits per heavy atom. The molecule has 2 aliphatic rings. The van der Waals surface area contributed by atoms with Crippen molar-refractivity contribution in [2.75, 3.05) is 18.0 Å². The zero-order valence-corrected chi connectivity index (χ0v) is 25.5. The highest BCUT2D eigenvalue weighted by Gasteiger charge is 2.33. The van der Waals surface area contributed by atoms with Crippen LogP contribution in [0.4, 0.5) is 5.95 Å². The van der Waals surface area contributed by atoms with Gasteiger partial charge >= 0.3 is 0 Å². The molecule has 0 bridgehead atoms. The van der Waals surface area contributed by atoms with Crippen LogP contribution in [0.2, 0.25) is 10.0 Å². The summed E-state index contributed by atoms with van der Waals surface area (Å²) in [7, 11) is 0. The minimum Gasteiger partial charge on any atom is -0.335 e. The molecule has 2 atom stereocenters. The fraction of sp³-hybridized carbons (Fsp3) is 0.343. The molecule has 0 N–H and O–H groups in total. The SMILES string of the molecule is Cc1ccccc1CCc1nc(N2CCCC2c2ccc(Cl)cc2)ncc1C(=O)N1CCCC1Cc1ccc(Cl)cc1. The maximum atomic E-state index is 14.1. The van der Waals surface area contributed by atoms with Gasteiger partial charge < -0.3 is 9.80 Å². The first-order valence-electron chi connectivity index (χ1n) is 14.9. The Labute approximate surface area is 258 Å². The Kier molecular flexibility index (Phi) is 8.78. The third-order valence-electron chi connectivity index (χ3n) is 8.76. The number of benzene rings is 3. The Morgan fingerprint density at radius 3 is 2.36 bits per heavy atom. The Balaban J connectivity index is 1.30. The lowest BCUT2D eigenvalue weighted by molar-refractivity contribution is 0.0734. The van der Waals surface area contributed by atoms with Gasteiger partial charge in [-0.1, -0.05) is 71.7 Å². The van der Waals surface area contributed by atoms with Gasteiger partial charge in [0.1, 0.15) is 0 Å². The number of carbonyl (C=O) groups is 1. The number of aryl methyl sites for hydroxylation is 3. The second-order valence-corrected chi connectivity index (χ2v) is 12.4. The topological polar surface area (TPSA) is 49.3 Å². The van der Waals surface area contributed by atoms with Crippen molar-refractivity contribution in [2.45, 2.75) is 64.0 Å². The van der Waals surface area contributed by atoms with Gasteiger partial charge in [-0.3, -0.25) is 4.79 Å². The standard InChI is InChI=1S/C35H36Cl2N4O/c1-24-6-2-3-7-26(24)14-19-32-31(34(42)40-20-4-8-30(40)22-25-10-15-28(36)16-11-25)23-38-35(39-32)41-21-5-9-33(41)27-12-17-29(37)18-13-27/h2-3,6-7,10-13,15-18,23,30,33H,4-5,8-9,14,19-22H2,1H3. The van der Waals surface area contributed by atoms with Crippen molar-refractivity contribution in [2.24, 2.45) is 0 Å². The summed E-state index contributed by atoms with van der Waals surface area (Å²) in [6.45, 7) is 3.77. The number of amides is 1. The average Bonchev–Trinajstić information content (AvgIpc) is 3.68. The molecule has 0 aliphatic carbocycles. The van der Waals surface area contributed by atoms with E-state index in [2.05, 4.69) is 60.4 Å². The number of hydrogen-bond donors (Lipinski definition) is 0. The number of carbonyl (C=O) groups excluding carboxylic acids is 1. The van der Waals surface area contributed by atoms with Gasteiger partial charge in [-0.05, 0) is 98.4 Å². The molecule has 0 spiro atoms. The van der Waals surface area contributed by atoms with Crippen molar-refractivity contribution in [1.29, 1.82) is 0 Å². The van der Waals surface area contributed by atoms with E-state index in [0.29, 0.717) is 17.9 Å². The van der Waals surface area contributed by atoms with Crippen molar-refractivity contribution in [3.8, 4) is 0 Å². The van der Waals surface area contributed by atoms with Crippen molar-refractivity contribution in [3.63, 3.8) is 0 Å². The van der Waals surface area contributed by atoms with E-state index in [-0.39, 0.29) is 18.0 Å². The highest BCUT2D eigenvalue weighted by Crippen LogP contribution is 2.35. The molecule has 3 heterocycles. The Bertz CT molecular complexity index is 1540. The summed E-state index contributed by atoms with van der Waals surface area (Å²) in [5, 5.41) is 1.46. The van der Waals surface area contributed by atoms with Gasteiger partial charge in [0, 0.05) is 35.4 Å². The smallest absolute Gasteiger partial charge is 0.257 e. The summed E-state index contributed by atoms with van der Waals surface area (Å²) >= 11 is 12.3. The monoisotopic (exact) mass is 598 g/mol. The van der Waals surface area contributed by atoms with Gasteiger partial charge in [-0.15, -0.1) is 0 Å². The summed E-state index contributed by atoms with van der Waals surface area (Å²) < 4.78 is 0. The lowest BCUT2D eigenvalue weighted by atomic mass is 10.0. The Hall–Kier alpha value is -3.41. The second-order valence-electron chi connectivity index (χ2n) is 11.5. The van der Waals surface area contributed by atoms with E-state index in [4.69, 9.17) is 33.2 Å². The van der Waals surface area contributed by atoms with Crippen LogP contribution in [0.25, 0.3) is 0 Å². The molecule has 5 nitrogen and oxygen atoms in total. The normalized spacial score (nSPS) is 18.5. The average molecular weight is 600 g/mol. The number of halogens is 2. The Morgan fingerprint density at radius 1 is 0.881 bits per heavy atom. The molecule has 3 aromatic carbocycles. The number of aromatic nitrogens is 2. The highest BCUT2D eigenvalue weighted by molar-refractivity contribution is 6.30. The fourth-order valence-corrected chi connectivity index (χ4v) is 6.71.